The van der Waals surface area contributed by atoms with Crippen LogP contribution in [-0.2, 0) is 0 Å². The Morgan fingerprint density at radius 1 is 1.07 bits per heavy atom. The Hall–Kier alpha value is -1.57. The molecule has 1 N–H and O–H groups in total. The van der Waals surface area contributed by atoms with E-state index in [4.69, 9.17) is 0 Å². The van der Waals surface area contributed by atoms with Gasteiger partial charge < -0.3 is 5.32 Å². The van der Waals surface area contributed by atoms with Crippen LogP contribution in [0.2, 0.25) is 0 Å². The average Bonchev–Trinajstić information content (AvgIpc) is 2.31. The number of aromatic nitrogens is 1. The molecule has 0 aliphatic carbocycles. The lowest BCUT2D eigenvalue weighted by atomic mass is 10.1. The maximum atomic E-state index is 4.06. The topological polar surface area (TPSA) is 24.9 Å². The van der Waals surface area contributed by atoms with Crippen molar-refractivity contribution in [1.82, 2.24) is 4.98 Å². The molecule has 1 aromatic heterocycles. The molecule has 0 aliphatic heterocycles. The fraction of sp³-hybridized carbons (Fsp3) is 0.250. The van der Waals surface area contributed by atoms with Gasteiger partial charge in [0, 0.05) is 30.5 Å². The number of anilines is 1. The van der Waals surface area contributed by atoms with Crippen molar-refractivity contribution in [2.45, 2.75) is 13.8 Å². The number of rotatable bonds is 1. The SMILES string of the molecule is CC.CNc1ccc2ccncc2c1. The van der Waals surface area contributed by atoms with Gasteiger partial charge in [-0.2, -0.15) is 0 Å². The molecular formula is C12H16N2. The van der Waals surface area contributed by atoms with E-state index in [-0.39, 0.29) is 0 Å². The normalized spacial score (nSPS) is 9.07. The molecule has 2 aromatic rings. The second-order valence-electron chi connectivity index (χ2n) is 2.69. The van der Waals surface area contributed by atoms with Crippen molar-refractivity contribution < 1.29 is 0 Å². The number of hydrogen-bond acceptors (Lipinski definition) is 2. The van der Waals surface area contributed by atoms with E-state index in [9.17, 15) is 0 Å². The molecule has 0 aliphatic rings. The minimum atomic E-state index is 1.12. The molecule has 0 saturated carbocycles. The van der Waals surface area contributed by atoms with Crippen molar-refractivity contribution in [2.75, 3.05) is 12.4 Å². The molecule has 1 aromatic carbocycles. The van der Waals surface area contributed by atoms with Crippen LogP contribution in [0, 0.1) is 0 Å². The van der Waals surface area contributed by atoms with Gasteiger partial charge in [-0.15, -0.1) is 0 Å². The van der Waals surface area contributed by atoms with Gasteiger partial charge in [0.1, 0.15) is 0 Å². The molecule has 2 heteroatoms. The van der Waals surface area contributed by atoms with Crippen LogP contribution < -0.4 is 5.32 Å². The Bertz CT molecular complexity index is 396. The molecule has 0 amide bonds. The molecule has 0 spiro atoms. The van der Waals surface area contributed by atoms with Gasteiger partial charge in [-0.1, -0.05) is 19.9 Å². The zero-order chi connectivity index (χ0) is 10.4. The fourth-order valence-electron chi connectivity index (χ4n) is 1.24. The lowest BCUT2D eigenvalue weighted by Crippen LogP contribution is -1.86. The predicted molar refractivity (Wildman–Crippen MR) is 62.6 cm³/mol. The first-order valence-electron chi connectivity index (χ1n) is 4.92. The molecule has 1 heterocycles. The molecule has 2 nitrogen and oxygen atoms in total. The zero-order valence-electron chi connectivity index (χ0n) is 8.91. The van der Waals surface area contributed by atoms with E-state index in [1.165, 1.54) is 10.8 Å². The van der Waals surface area contributed by atoms with E-state index < -0.39 is 0 Å². The van der Waals surface area contributed by atoms with Crippen molar-refractivity contribution in [3.05, 3.63) is 36.7 Å². The third-order valence-electron chi connectivity index (χ3n) is 1.93. The Kier molecular flexibility index (Phi) is 3.92. The van der Waals surface area contributed by atoms with Crippen LogP contribution in [-0.4, -0.2) is 12.0 Å². The summed E-state index contributed by atoms with van der Waals surface area (Å²) >= 11 is 0. The summed E-state index contributed by atoms with van der Waals surface area (Å²) < 4.78 is 0. The first kappa shape index (κ1) is 10.5. The first-order valence-corrected chi connectivity index (χ1v) is 4.92. The Labute approximate surface area is 85.0 Å². The van der Waals surface area contributed by atoms with Crippen molar-refractivity contribution >= 4 is 16.5 Å². The highest BCUT2D eigenvalue weighted by Crippen LogP contribution is 2.16. The summed E-state index contributed by atoms with van der Waals surface area (Å²) in [6.07, 6.45) is 3.68. The first-order chi connectivity index (χ1) is 6.90. The third kappa shape index (κ3) is 2.22. The zero-order valence-corrected chi connectivity index (χ0v) is 8.91. The van der Waals surface area contributed by atoms with Gasteiger partial charge in [0.05, 0.1) is 0 Å². The van der Waals surface area contributed by atoms with Gasteiger partial charge in [-0.05, 0) is 23.6 Å². The van der Waals surface area contributed by atoms with Gasteiger partial charge in [0.15, 0.2) is 0 Å². The fourth-order valence-corrected chi connectivity index (χ4v) is 1.24. The maximum Gasteiger partial charge on any atom is 0.0347 e. The van der Waals surface area contributed by atoms with Crippen LogP contribution in [0.15, 0.2) is 36.7 Å². The largest absolute Gasteiger partial charge is 0.388 e. The van der Waals surface area contributed by atoms with Crippen molar-refractivity contribution in [3.63, 3.8) is 0 Å². The third-order valence-corrected chi connectivity index (χ3v) is 1.93. The highest BCUT2D eigenvalue weighted by molar-refractivity contribution is 5.84. The molecule has 0 radical (unpaired) electrons. The van der Waals surface area contributed by atoms with E-state index in [1.807, 2.05) is 33.2 Å². The summed E-state index contributed by atoms with van der Waals surface area (Å²) in [6, 6.07) is 8.24. The molecule has 2 rings (SSSR count). The summed E-state index contributed by atoms with van der Waals surface area (Å²) in [5.41, 5.74) is 1.12. The van der Waals surface area contributed by atoms with Crippen LogP contribution in [0.3, 0.4) is 0 Å². The van der Waals surface area contributed by atoms with Crippen LogP contribution in [0.1, 0.15) is 13.8 Å². The second-order valence-corrected chi connectivity index (χ2v) is 2.69. The van der Waals surface area contributed by atoms with Crippen LogP contribution >= 0.6 is 0 Å². The number of fused-ring (bicyclic) bond motifs is 1. The number of hydrogen-bond donors (Lipinski definition) is 1. The Morgan fingerprint density at radius 2 is 1.86 bits per heavy atom. The summed E-state index contributed by atoms with van der Waals surface area (Å²) in [5.74, 6) is 0. The second kappa shape index (κ2) is 5.22. The molecule has 0 fully saturated rings. The smallest absolute Gasteiger partial charge is 0.0347 e. The Morgan fingerprint density at radius 3 is 2.57 bits per heavy atom. The number of nitrogens with zero attached hydrogens (tertiary/aromatic N) is 1. The lowest BCUT2D eigenvalue weighted by Gasteiger charge is -2.00. The summed E-state index contributed by atoms with van der Waals surface area (Å²) in [7, 11) is 1.91. The highest BCUT2D eigenvalue weighted by atomic mass is 14.8. The van der Waals surface area contributed by atoms with Crippen LogP contribution in [0.4, 0.5) is 5.69 Å². The molecule has 0 atom stereocenters. The minimum absolute atomic E-state index is 1.12. The summed E-state index contributed by atoms with van der Waals surface area (Å²) in [4.78, 5) is 4.06. The van der Waals surface area contributed by atoms with E-state index in [1.54, 1.807) is 6.20 Å². The van der Waals surface area contributed by atoms with Crippen molar-refractivity contribution in [3.8, 4) is 0 Å². The minimum Gasteiger partial charge on any atom is -0.388 e. The monoisotopic (exact) mass is 188 g/mol. The molecular weight excluding hydrogens is 172 g/mol. The predicted octanol–water partition coefficient (Wildman–Crippen LogP) is 3.30. The Balaban J connectivity index is 0.000000461. The summed E-state index contributed by atoms with van der Waals surface area (Å²) in [6.45, 7) is 4.00. The molecule has 0 saturated heterocycles. The van der Waals surface area contributed by atoms with Gasteiger partial charge in [-0.3, -0.25) is 4.98 Å². The van der Waals surface area contributed by atoms with E-state index in [0.717, 1.165) is 5.69 Å². The van der Waals surface area contributed by atoms with Crippen molar-refractivity contribution in [1.29, 1.82) is 0 Å². The molecule has 0 unspecified atom stereocenters. The summed E-state index contributed by atoms with van der Waals surface area (Å²) in [5, 5.41) is 5.49. The molecule has 0 bridgehead atoms. The van der Waals surface area contributed by atoms with Gasteiger partial charge in [-0.25, -0.2) is 0 Å². The van der Waals surface area contributed by atoms with Gasteiger partial charge in [0.25, 0.3) is 0 Å². The van der Waals surface area contributed by atoms with Gasteiger partial charge >= 0.3 is 0 Å². The van der Waals surface area contributed by atoms with E-state index in [2.05, 4.69) is 28.5 Å². The van der Waals surface area contributed by atoms with Crippen LogP contribution in [0.25, 0.3) is 10.8 Å². The van der Waals surface area contributed by atoms with Crippen LogP contribution in [0.5, 0.6) is 0 Å². The lowest BCUT2D eigenvalue weighted by molar-refractivity contribution is 1.36. The van der Waals surface area contributed by atoms with Gasteiger partial charge in [0.2, 0.25) is 0 Å². The molecule has 14 heavy (non-hydrogen) atoms. The van der Waals surface area contributed by atoms with E-state index >= 15 is 0 Å². The quantitative estimate of drug-likeness (QED) is 0.742. The highest BCUT2D eigenvalue weighted by Gasteiger charge is 1.92. The van der Waals surface area contributed by atoms with E-state index in [0.29, 0.717) is 0 Å². The maximum absolute atomic E-state index is 4.06. The average molecular weight is 188 g/mol. The number of pyridine rings is 1. The number of benzene rings is 1. The number of nitrogens with one attached hydrogen (secondary N) is 1. The standard InChI is InChI=1S/C10H10N2.C2H6/c1-11-10-3-2-8-4-5-12-7-9(8)6-10;1-2/h2-7,11H,1H3;1-2H3. The van der Waals surface area contributed by atoms with Crippen molar-refractivity contribution in [2.24, 2.45) is 0 Å². The molecule has 74 valence electrons.